The van der Waals surface area contributed by atoms with E-state index in [0.29, 0.717) is 5.69 Å². The monoisotopic (exact) mass is 201 g/mol. The highest BCUT2D eigenvalue weighted by molar-refractivity contribution is 6.31. The zero-order chi connectivity index (χ0) is 10.0. The number of carboxylic acids is 1. The van der Waals surface area contributed by atoms with E-state index in [2.05, 4.69) is 0 Å². The summed E-state index contributed by atoms with van der Waals surface area (Å²) < 4.78 is 0. The van der Waals surface area contributed by atoms with E-state index in [4.69, 9.17) is 27.5 Å². The summed E-state index contributed by atoms with van der Waals surface area (Å²) in [7, 11) is 0. The fourth-order valence-electron chi connectivity index (χ4n) is 0.905. The molecule has 0 saturated heterocycles. The van der Waals surface area contributed by atoms with Gasteiger partial charge < -0.3 is 15.9 Å². The summed E-state index contributed by atoms with van der Waals surface area (Å²) >= 11 is 5.66. The van der Waals surface area contributed by atoms with E-state index in [1.807, 2.05) is 0 Å². The van der Waals surface area contributed by atoms with Crippen LogP contribution in [0.4, 0.5) is 5.69 Å². The molecule has 1 unspecified atom stereocenters. The standard InChI is InChI=1S/C8H8ClNO3/c9-6-2-1-4(10)3-5(6)7(11)8(12)13/h1-3,7,11H,10H2,(H,12,13). The van der Waals surface area contributed by atoms with Crippen molar-refractivity contribution in [1.82, 2.24) is 0 Å². The van der Waals surface area contributed by atoms with Crippen LogP contribution in [0.5, 0.6) is 0 Å². The third-order valence-corrected chi connectivity index (χ3v) is 1.89. The number of aliphatic hydroxyl groups is 1. The van der Waals surface area contributed by atoms with Crippen molar-refractivity contribution in [3.05, 3.63) is 28.8 Å². The number of nitrogen functional groups attached to an aromatic ring is 1. The van der Waals surface area contributed by atoms with Crippen molar-refractivity contribution in [3.63, 3.8) is 0 Å². The summed E-state index contributed by atoms with van der Waals surface area (Å²) in [6.45, 7) is 0. The summed E-state index contributed by atoms with van der Waals surface area (Å²) in [6.07, 6.45) is -1.63. The Labute approximate surface area is 79.6 Å². The lowest BCUT2D eigenvalue weighted by atomic mass is 10.1. The van der Waals surface area contributed by atoms with Gasteiger partial charge in [0.1, 0.15) is 0 Å². The quantitative estimate of drug-likeness (QED) is 0.625. The van der Waals surface area contributed by atoms with Gasteiger partial charge in [-0.2, -0.15) is 0 Å². The first-order valence-corrected chi connectivity index (χ1v) is 3.86. The number of benzene rings is 1. The summed E-state index contributed by atoms with van der Waals surface area (Å²) in [6, 6.07) is 4.31. The van der Waals surface area contributed by atoms with E-state index < -0.39 is 12.1 Å². The molecule has 1 rings (SSSR count). The maximum atomic E-state index is 10.4. The van der Waals surface area contributed by atoms with Gasteiger partial charge in [0, 0.05) is 16.3 Å². The Morgan fingerprint density at radius 1 is 1.54 bits per heavy atom. The highest BCUT2D eigenvalue weighted by Crippen LogP contribution is 2.25. The van der Waals surface area contributed by atoms with Crippen LogP contribution in [0.25, 0.3) is 0 Å². The maximum Gasteiger partial charge on any atom is 0.337 e. The summed E-state index contributed by atoms with van der Waals surface area (Å²) in [5, 5.41) is 17.8. The zero-order valence-corrected chi connectivity index (χ0v) is 7.32. The molecule has 1 atom stereocenters. The van der Waals surface area contributed by atoms with Crippen LogP contribution < -0.4 is 5.73 Å². The van der Waals surface area contributed by atoms with Crippen LogP contribution in [0.3, 0.4) is 0 Å². The van der Waals surface area contributed by atoms with Gasteiger partial charge in [-0.1, -0.05) is 11.6 Å². The van der Waals surface area contributed by atoms with Crippen molar-refractivity contribution in [2.45, 2.75) is 6.10 Å². The van der Waals surface area contributed by atoms with Crippen molar-refractivity contribution >= 4 is 23.3 Å². The molecular weight excluding hydrogens is 194 g/mol. The number of hydrogen-bond donors (Lipinski definition) is 3. The number of hydrogen-bond acceptors (Lipinski definition) is 3. The third-order valence-electron chi connectivity index (χ3n) is 1.55. The van der Waals surface area contributed by atoms with E-state index in [-0.39, 0.29) is 10.6 Å². The largest absolute Gasteiger partial charge is 0.479 e. The second kappa shape index (κ2) is 3.64. The molecule has 4 N–H and O–H groups in total. The van der Waals surface area contributed by atoms with Crippen molar-refractivity contribution in [2.24, 2.45) is 0 Å². The van der Waals surface area contributed by atoms with Crippen LogP contribution in [0.1, 0.15) is 11.7 Å². The Morgan fingerprint density at radius 2 is 2.15 bits per heavy atom. The number of rotatable bonds is 2. The van der Waals surface area contributed by atoms with E-state index in [1.54, 1.807) is 0 Å². The van der Waals surface area contributed by atoms with Gasteiger partial charge >= 0.3 is 5.97 Å². The number of aliphatic hydroxyl groups excluding tert-OH is 1. The molecule has 0 aliphatic heterocycles. The molecule has 0 bridgehead atoms. The lowest BCUT2D eigenvalue weighted by molar-refractivity contribution is -0.146. The predicted octanol–water partition coefficient (Wildman–Crippen LogP) is 1.04. The molecule has 0 amide bonds. The van der Waals surface area contributed by atoms with Crippen molar-refractivity contribution in [2.75, 3.05) is 5.73 Å². The van der Waals surface area contributed by atoms with Gasteiger partial charge in [-0.25, -0.2) is 4.79 Å². The normalized spacial score (nSPS) is 12.5. The van der Waals surface area contributed by atoms with Crippen LogP contribution in [-0.2, 0) is 4.79 Å². The zero-order valence-electron chi connectivity index (χ0n) is 6.57. The van der Waals surface area contributed by atoms with Gasteiger partial charge in [0.25, 0.3) is 0 Å². The first kappa shape index (κ1) is 9.83. The fourth-order valence-corrected chi connectivity index (χ4v) is 1.13. The minimum atomic E-state index is -1.63. The molecule has 0 saturated carbocycles. The Bertz CT molecular complexity index is 340. The summed E-state index contributed by atoms with van der Waals surface area (Å²) in [4.78, 5) is 10.4. The summed E-state index contributed by atoms with van der Waals surface area (Å²) in [5.74, 6) is -1.35. The molecular formula is C8H8ClNO3. The number of carboxylic acid groups (broad SMARTS) is 1. The maximum absolute atomic E-state index is 10.4. The minimum absolute atomic E-state index is 0.106. The highest BCUT2D eigenvalue weighted by Gasteiger charge is 2.18. The van der Waals surface area contributed by atoms with Crippen molar-refractivity contribution in [1.29, 1.82) is 0 Å². The molecule has 70 valence electrons. The lowest BCUT2D eigenvalue weighted by Crippen LogP contribution is -2.11. The number of aliphatic carboxylic acids is 1. The van der Waals surface area contributed by atoms with Crippen LogP contribution in [-0.4, -0.2) is 16.2 Å². The summed E-state index contributed by atoms with van der Waals surface area (Å²) in [5.41, 5.74) is 5.87. The van der Waals surface area contributed by atoms with Crippen LogP contribution in [0.15, 0.2) is 18.2 Å². The van der Waals surface area contributed by atoms with Gasteiger partial charge in [0.05, 0.1) is 0 Å². The lowest BCUT2D eigenvalue weighted by Gasteiger charge is -2.08. The molecule has 0 aromatic heterocycles. The molecule has 0 heterocycles. The molecule has 0 radical (unpaired) electrons. The number of halogens is 1. The SMILES string of the molecule is Nc1ccc(Cl)c(C(O)C(=O)O)c1. The molecule has 1 aromatic carbocycles. The van der Waals surface area contributed by atoms with Gasteiger partial charge in [0.2, 0.25) is 0 Å². The van der Waals surface area contributed by atoms with Crippen LogP contribution in [0, 0.1) is 0 Å². The molecule has 13 heavy (non-hydrogen) atoms. The first-order valence-electron chi connectivity index (χ1n) is 3.48. The van der Waals surface area contributed by atoms with Crippen molar-refractivity contribution in [3.8, 4) is 0 Å². The average Bonchev–Trinajstić information content (AvgIpc) is 2.08. The number of carbonyl (C=O) groups is 1. The van der Waals surface area contributed by atoms with E-state index in [0.717, 1.165) is 0 Å². The van der Waals surface area contributed by atoms with Crippen LogP contribution in [0.2, 0.25) is 5.02 Å². The Hall–Kier alpha value is -1.26. The second-order valence-electron chi connectivity index (χ2n) is 2.52. The van der Waals surface area contributed by atoms with E-state index >= 15 is 0 Å². The van der Waals surface area contributed by atoms with Gasteiger partial charge in [-0.3, -0.25) is 0 Å². The van der Waals surface area contributed by atoms with E-state index in [1.165, 1.54) is 18.2 Å². The molecule has 4 nitrogen and oxygen atoms in total. The smallest absolute Gasteiger partial charge is 0.337 e. The Balaban J connectivity index is 3.12. The highest BCUT2D eigenvalue weighted by atomic mass is 35.5. The van der Waals surface area contributed by atoms with Gasteiger partial charge in [-0.15, -0.1) is 0 Å². The second-order valence-corrected chi connectivity index (χ2v) is 2.93. The van der Waals surface area contributed by atoms with Crippen LogP contribution >= 0.6 is 11.6 Å². The minimum Gasteiger partial charge on any atom is -0.479 e. The first-order chi connectivity index (χ1) is 6.02. The molecule has 1 aromatic rings. The molecule has 0 aliphatic rings. The topological polar surface area (TPSA) is 83.5 Å². The predicted molar refractivity (Wildman–Crippen MR) is 48.5 cm³/mol. The van der Waals surface area contributed by atoms with Gasteiger partial charge in [0.15, 0.2) is 6.10 Å². The van der Waals surface area contributed by atoms with Crippen molar-refractivity contribution < 1.29 is 15.0 Å². The third kappa shape index (κ3) is 2.11. The number of anilines is 1. The molecule has 0 aliphatic carbocycles. The molecule has 5 heteroatoms. The fraction of sp³-hybridized carbons (Fsp3) is 0.125. The number of nitrogens with two attached hydrogens (primary N) is 1. The van der Waals surface area contributed by atoms with E-state index in [9.17, 15) is 4.79 Å². The molecule has 0 fully saturated rings. The Morgan fingerprint density at radius 3 is 2.69 bits per heavy atom. The average molecular weight is 202 g/mol. The Kier molecular flexibility index (Phi) is 2.75. The molecule has 0 spiro atoms. The van der Waals surface area contributed by atoms with Gasteiger partial charge in [-0.05, 0) is 18.2 Å².